The average molecular weight is 221 g/mol. The number of rotatable bonds is 2. The van der Waals surface area contributed by atoms with Gasteiger partial charge in [0.1, 0.15) is 11.5 Å². The Bertz CT molecular complexity index is 533. The minimum atomic E-state index is -0.546. The molecule has 2 rings (SSSR count). The molecule has 0 saturated carbocycles. The van der Waals surface area contributed by atoms with Gasteiger partial charge in [-0.2, -0.15) is 0 Å². The van der Waals surface area contributed by atoms with E-state index in [1.807, 2.05) is 0 Å². The van der Waals surface area contributed by atoms with Gasteiger partial charge in [0.05, 0.1) is 0 Å². The predicted octanol–water partition coefficient (Wildman–Crippen LogP) is 2.23. The zero-order valence-electron chi connectivity index (χ0n) is 8.42. The van der Waals surface area contributed by atoms with Crippen molar-refractivity contribution in [3.05, 3.63) is 52.2 Å². The number of imidazole rings is 1. The summed E-state index contributed by atoms with van der Waals surface area (Å²) in [5.74, 6) is -0.541. The topological polar surface area (TPSA) is 61.0 Å². The van der Waals surface area contributed by atoms with E-state index >= 15 is 0 Å². The number of aromatic nitrogens is 2. The van der Waals surface area contributed by atoms with Crippen molar-refractivity contribution in [2.45, 2.75) is 6.92 Å². The summed E-state index contributed by atoms with van der Waals surface area (Å²) in [6, 6.07) is 5.66. The zero-order valence-corrected chi connectivity index (χ0v) is 8.42. The lowest BCUT2D eigenvalue weighted by Gasteiger charge is -2.02. The molecule has 0 unspecified atom stereocenters. The largest absolute Gasteiger partial charge is 0.384 e. The molecule has 82 valence electrons. The van der Waals surface area contributed by atoms with Crippen LogP contribution >= 0.6 is 0 Å². The van der Waals surface area contributed by atoms with E-state index in [0.717, 1.165) is 0 Å². The lowest BCUT2D eigenvalue weighted by molar-refractivity contribution is -0.389. The van der Waals surface area contributed by atoms with Crippen molar-refractivity contribution in [3.8, 4) is 5.69 Å². The third kappa shape index (κ3) is 1.65. The van der Waals surface area contributed by atoms with Crippen molar-refractivity contribution in [1.29, 1.82) is 0 Å². The van der Waals surface area contributed by atoms with Crippen molar-refractivity contribution in [2.24, 2.45) is 0 Å². The number of hydrogen-bond donors (Lipinski definition) is 0. The summed E-state index contributed by atoms with van der Waals surface area (Å²) >= 11 is 0. The Hall–Kier alpha value is -2.24. The van der Waals surface area contributed by atoms with Gasteiger partial charge in [-0.05, 0) is 41.1 Å². The Morgan fingerprint density at radius 2 is 2.00 bits per heavy atom. The first-order valence-electron chi connectivity index (χ1n) is 4.54. The van der Waals surface area contributed by atoms with E-state index in [1.165, 1.54) is 35.2 Å². The molecule has 0 aliphatic rings. The molecule has 0 N–H and O–H groups in total. The molecule has 0 saturated heterocycles. The molecule has 0 aliphatic carbocycles. The van der Waals surface area contributed by atoms with Crippen LogP contribution in [0.2, 0.25) is 0 Å². The fraction of sp³-hybridized carbons (Fsp3) is 0.100. The van der Waals surface area contributed by atoms with Crippen LogP contribution in [0.1, 0.15) is 5.69 Å². The number of halogens is 1. The molecule has 0 radical (unpaired) electrons. The highest BCUT2D eigenvalue weighted by molar-refractivity contribution is 5.38. The van der Waals surface area contributed by atoms with Gasteiger partial charge >= 0.3 is 5.82 Å². The third-order valence-electron chi connectivity index (χ3n) is 2.26. The van der Waals surface area contributed by atoms with Crippen LogP contribution in [0.3, 0.4) is 0 Å². The second-order valence-electron chi connectivity index (χ2n) is 3.26. The molecule has 6 heteroatoms. The van der Waals surface area contributed by atoms with Crippen molar-refractivity contribution in [3.63, 3.8) is 0 Å². The molecular formula is C10H8FN3O2. The minimum Gasteiger partial charge on any atom is -0.358 e. The maximum absolute atomic E-state index is 12.7. The Morgan fingerprint density at radius 3 is 2.50 bits per heavy atom. The van der Waals surface area contributed by atoms with Crippen LogP contribution in [0, 0.1) is 22.9 Å². The smallest absolute Gasteiger partial charge is 0.358 e. The molecule has 1 aromatic heterocycles. The lowest BCUT2D eigenvalue weighted by atomic mass is 10.3. The molecule has 0 aliphatic heterocycles. The number of hydrogen-bond acceptors (Lipinski definition) is 3. The van der Waals surface area contributed by atoms with Crippen LogP contribution in [-0.4, -0.2) is 14.5 Å². The molecule has 2 aromatic rings. The SMILES string of the molecule is Cc1c([N+](=O)[O-])ncn1-c1ccc(F)cc1. The second kappa shape index (κ2) is 3.73. The Kier molecular flexibility index (Phi) is 2.40. The van der Waals surface area contributed by atoms with Gasteiger partial charge in [0, 0.05) is 5.69 Å². The molecule has 1 aromatic carbocycles. The van der Waals surface area contributed by atoms with E-state index in [-0.39, 0.29) is 11.6 Å². The highest BCUT2D eigenvalue weighted by Gasteiger charge is 2.17. The maximum Gasteiger partial charge on any atom is 0.384 e. The van der Waals surface area contributed by atoms with Crippen molar-refractivity contribution in [1.82, 2.24) is 9.55 Å². The summed E-state index contributed by atoms with van der Waals surface area (Å²) in [5, 5.41) is 10.6. The van der Waals surface area contributed by atoms with Gasteiger partial charge in [-0.3, -0.25) is 4.57 Å². The first-order chi connectivity index (χ1) is 7.59. The van der Waals surface area contributed by atoms with Crippen molar-refractivity contribution >= 4 is 5.82 Å². The summed E-state index contributed by atoms with van der Waals surface area (Å²) in [4.78, 5) is 13.7. The maximum atomic E-state index is 12.7. The van der Waals surface area contributed by atoms with Gasteiger partial charge in [0.25, 0.3) is 0 Å². The van der Waals surface area contributed by atoms with E-state index in [0.29, 0.717) is 11.4 Å². The molecule has 0 amide bonds. The van der Waals surface area contributed by atoms with Crippen LogP contribution in [0.25, 0.3) is 5.69 Å². The number of nitrogens with zero attached hydrogens (tertiary/aromatic N) is 3. The average Bonchev–Trinajstić information content (AvgIpc) is 2.61. The molecule has 0 fully saturated rings. The fourth-order valence-electron chi connectivity index (χ4n) is 1.44. The van der Waals surface area contributed by atoms with Crippen LogP contribution in [0.4, 0.5) is 10.2 Å². The standard InChI is InChI=1S/C10H8FN3O2/c1-7-10(14(15)16)12-6-13(7)9-4-2-8(11)3-5-9/h2-6H,1H3. The molecule has 0 bridgehead atoms. The summed E-state index contributed by atoms with van der Waals surface area (Å²) in [5.41, 5.74) is 1.05. The van der Waals surface area contributed by atoms with E-state index in [1.54, 1.807) is 6.92 Å². The molecule has 16 heavy (non-hydrogen) atoms. The van der Waals surface area contributed by atoms with Crippen molar-refractivity contribution in [2.75, 3.05) is 0 Å². The molecule has 1 heterocycles. The zero-order chi connectivity index (χ0) is 11.7. The summed E-state index contributed by atoms with van der Waals surface area (Å²) < 4.78 is 14.2. The monoisotopic (exact) mass is 221 g/mol. The van der Waals surface area contributed by atoms with Crippen LogP contribution in [-0.2, 0) is 0 Å². The Labute approximate surface area is 90.3 Å². The Morgan fingerprint density at radius 1 is 1.38 bits per heavy atom. The molecular weight excluding hydrogens is 213 g/mol. The van der Waals surface area contributed by atoms with E-state index < -0.39 is 4.92 Å². The van der Waals surface area contributed by atoms with Gasteiger partial charge in [-0.25, -0.2) is 4.39 Å². The van der Waals surface area contributed by atoms with Crippen LogP contribution in [0.15, 0.2) is 30.6 Å². The molecule has 0 spiro atoms. The first kappa shape index (κ1) is 10.3. The van der Waals surface area contributed by atoms with Crippen molar-refractivity contribution < 1.29 is 9.31 Å². The summed E-state index contributed by atoms with van der Waals surface area (Å²) in [6.45, 7) is 1.59. The van der Waals surface area contributed by atoms with Gasteiger partial charge in [0.2, 0.25) is 6.33 Å². The number of benzene rings is 1. The van der Waals surface area contributed by atoms with Gasteiger partial charge < -0.3 is 10.1 Å². The first-order valence-corrected chi connectivity index (χ1v) is 4.54. The van der Waals surface area contributed by atoms with Crippen LogP contribution in [0.5, 0.6) is 0 Å². The predicted molar refractivity (Wildman–Crippen MR) is 54.9 cm³/mol. The lowest BCUT2D eigenvalue weighted by Crippen LogP contribution is -1.97. The quantitative estimate of drug-likeness (QED) is 0.577. The number of nitro groups is 1. The van der Waals surface area contributed by atoms with E-state index in [9.17, 15) is 14.5 Å². The minimum absolute atomic E-state index is 0.190. The molecule has 5 nitrogen and oxygen atoms in total. The van der Waals surface area contributed by atoms with Gasteiger partial charge in [0.15, 0.2) is 0 Å². The molecule has 0 atom stereocenters. The van der Waals surface area contributed by atoms with E-state index in [4.69, 9.17) is 0 Å². The van der Waals surface area contributed by atoms with Gasteiger partial charge in [-0.15, -0.1) is 0 Å². The summed E-state index contributed by atoms with van der Waals surface area (Å²) in [6.07, 6.45) is 1.35. The highest BCUT2D eigenvalue weighted by Crippen LogP contribution is 2.19. The third-order valence-corrected chi connectivity index (χ3v) is 2.26. The summed E-state index contributed by atoms with van der Waals surface area (Å²) in [7, 11) is 0. The highest BCUT2D eigenvalue weighted by atomic mass is 19.1. The van der Waals surface area contributed by atoms with Crippen LogP contribution < -0.4 is 0 Å². The fourth-order valence-corrected chi connectivity index (χ4v) is 1.44. The normalized spacial score (nSPS) is 10.4. The second-order valence-corrected chi connectivity index (χ2v) is 3.26. The van der Waals surface area contributed by atoms with E-state index in [2.05, 4.69) is 4.98 Å². The Balaban J connectivity index is 2.49. The van der Waals surface area contributed by atoms with Gasteiger partial charge in [-0.1, -0.05) is 0 Å².